The summed E-state index contributed by atoms with van der Waals surface area (Å²) in [5, 5.41) is 6.95. The van der Waals surface area contributed by atoms with Crippen molar-refractivity contribution in [3.05, 3.63) is 35.9 Å². The summed E-state index contributed by atoms with van der Waals surface area (Å²) in [5.41, 5.74) is -0.0104. The van der Waals surface area contributed by atoms with Crippen molar-refractivity contribution in [1.29, 1.82) is 0 Å². The predicted octanol–water partition coefficient (Wildman–Crippen LogP) is 2.61. The molecule has 2 aliphatic heterocycles. The Morgan fingerprint density at radius 3 is 2.73 bits per heavy atom. The number of rotatable bonds is 2. The molecule has 0 spiro atoms. The van der Waals surface area contributed by atoms with Gasteiger partial charge in [0.2, 0.25) is 0 Å². The van der Waals surface area contributed by atoms with Crippen molar-refractivity contribution in [2.75, 3.05) is 31.6 Å². The minimum Gasteiger partial charge on any atom is -0.467 e. The molecule has 1 N–H and O–H groups in total. The maximum atomic E-state index is 13.6. The van der Waals surface area contributed by atoms with E-state index in [9.17, 15) is 18.0 Å². The van der Waals surface area contributed by atoms with Gasteiger partial charge in [-0.05, 0) is 12.1 Å². The van der Waals surface area contributed by atoms with Crippen LogP contribution in [0.4, 0.5) is 19.0 Å². The second-order valence-corrected chi connectivity index (χ2v) is 6.27. The van der Waals surface area contributed by atoms with Crippen LogP contribution in [0.15, 0.2) is 28.9 Å². The molecular formula is C16H17F3N4O3. The lowest BCUT2D eigenvalue weighted by atomic mass is 10.0. The summed E-state index contributed by atoms with van der Waals surface area (Å²) in [6.07, 6.45) is -3.34. The van der Waals surface area contributed by atoms with Crippen molar-refractivity contribution in [3.8, 4) is 0 Å². The van der Waals surface area contributed by atoms with Gasteiger partial charge in [0.1, 0.15) is 11.6 Å². The molecule has 1 saturated heterocycles. The molecule has 1 amide bonds. The number of carbonyl (C=O) groups is 1. The Morgan fingerprint density at radius 2 is 2.08 bits per heavy atom. The quantitative estimate of drug-likeness (QED) is 0.880. The first-order chi connectivity index (χ1) is 12.4. The monoisotopic (exact) mass is 370 g/mol. The summed E-state index contributed by atoms with van der Waals surface area (Å²) < 4.78 is 52.0. The average Bonchev–Trinajstić information content (AvgIpc) is 3.29. The van der Waals surface area contributed by atoms with Crippen LogP contribution >= 0.6 is 0 Å². The van der Waals surface area contributed by atoms with Crippen LogP contribution in [0.25, 0.3) is 0 Å². The Kier molecular flexibility index (Phi) is 4.14. The van der Waals surface area contributed by atoms with Gasteiger partial charge in [0.15, 0.2) is 11.7 Å². The smallest absolute Gasteiger partial charge is 0.410 e. The number of amides is 1. The first-order valence-corrected chi connectivity index (χ1v) is 8.26. The number of nitrogens with zero attached hydrogens (tertiary/aromatic N) is 3. The van der Waals surface area contributed by atoms with Gasteiger partial charge in [0, 0.05) is 25.6 Å². The molecule has 2 atom stereocenters. The number of furan rings is 1. The number of fused-ring (bicyclic) bond motifs is 1. The molecule has 26 heavy (non-hydrogen) atoms. The highest BCUT2D eigenvalue weighted by atomic mass is 19.4. The summed E-state index contributed by atoms with van der Waals surface area (Å²) >= 11 is 0. The number of nitrogens with one attached hydrogen (secondary N) is 1. The van der Waals surface area contributed by atoms with E-state index in [0.717, 1.165) is 4.68 Å². The number of hydrogen-bond acceptors (Lipinski definition) is 5. The molecule has 2 aliphatic rings. The fourth-order valence-electron chi connectivity index (χ4n) is 3.28. The molecule has 0 aromatic carbocycles. The average molecular weight is 370 g/mol. The number of aromatic nitrogens is 2. The first kappa shape index (κ1) is 17.0. The Balaban J connectivity index is 1.66. The molecular weight excluding hydrogens is 353 g/mol. The maximum absolute atomic E-state index is 13.6. The summed E-state index contributed by atoms with van der Waals surface area (Å²) in [4.78, 5) is 14.1. The highest BCUT2D eigenvalue weighted by Gasteiger charge is 2.47. The van der Waals surface area contributed by atoms with Crippen molar-refractivity contribution < 1.29 is 27.1 Å². The summed E-state index contributed by atoms with van der Waals surface area (Å²) in [7, 11) is 0. The van der Waals surface area contributed by atoms with Crippen molar-refractivity contribution in [2.24, 2.45) is 0 Å². The van der Waals surface area contributed by atoms with Gasteiger partial charge in [-0.2, -0.15) is 18.3 Å². The minimum absolute atomic E-state index is 0.0104. The van der Waals surface area contributed by atoms with E-state index in [2.05, 4.69) is 10.4 Å². The van der Waals surface area contributed by atoms with Crippen LogP contribution in [0.2, 0.25) is 0 Å². The SMILES string of the molecule is O=C(c1cc2n(n1)[C@H](C(F)(F)F)C[C@@H](c1ccco1)N2)N1CCOCC1. The van der Waals surface area contributed by atoms with Crippen LogP contribution < -0.4 is 5.32 Å². The summed E-state index contributed by atoms with van der Waals surface area (Å²) in [6.45, 7) is 1.60. The Morgan fingerprint density at radius 1 is 1.31 bits per heavy atom. The molecule has 10 heteroatoms. The second-order valence-electron chi connectivity index (χ2n) is 6.27. The fraction of sp³-hybridized carbons (Fsp3) is 0.500. The van der Waals surface area contributed by atoms with Gasteiger partial charge in [0.25, 0.3) is 5.91 Å². The zero-order chi connectivity index (χ0) is 18.3. The van der Waals surface area contributed by atoms with E-state index >= 15 is 0 Å². The van der Waals surface area contributed by atoms with Gasteiger partial charge in [-0.3, -0.25) is 4.79 Å². The summed E-state index contributed by atoms with van der Waals surface area (Å²) in [5.74, 6) is 0.164. The van der Waals surface area contributed by atoms with Crippen molar-refractivity contribution >= 4 is 11.7 Å². The lowest BCUT2D eigenvalue weighted by Crippen LogP contribution is -2.41. The number of carbonyl (C=O) groups excluding carboxylic acids is 1. The van der Waals surface area contributed by atoms with E-state index in [0.29, 0.717) is 32.1 Å². The molecule has 0 radical (unpaired) electrons. The van der Waals surface area contributed by atoms with E-state index in [1.54, 1.807) is 12.1 Å². The maximum Gasteiger partial charge on any atom is 0.410 e. The highest BCUT2D eigenvalue weighted by Crippen LogP contribution is 2.43. The minimum atomic E-state index is -4.49. The van der Waals surface area contributed by atoms with Gasteiger partial charge in [-0.25, -0.2) is 4.68 Å². The third kappa shape index (κ3) is 3.05. The topological polar surface area (TPSA) is 72.5 Å². The lowest BCUT2D eigenvalue weighted by molar-refractivity contribution is -0.174. The normalized spacial score (nSPS) is 23.4. The fourth-order valence-corrected chi connectivity index (χ4v) is 3.28. The number of ether oxygens (including phenoxy) is 1. The standard InChI is InChI=1S/C16H17F3N4O3/c17-16(18,19)13-8-10(12-2-1-5-26-12)20-14-9-11(21-23(13)14)15(24)22-3-6-25-7-4-22/h1-2,5,9-10,13,20H,3-4,6-8H2/t10-,13-/m0/s1. The number of anilines is 1. The van der Waals surface area contributed by atoms with Crippen LogP contribution in [0.3, 0.4) is 0 Å². The van der Waals surface area contributed by atoms with Crippen molar-refractivity contribution in [1.82, 2.24) is 14.7 Å². The Hall–Kier alpha value is -2.49. The number of halogens is 3. The van der Waals surface area contributed by atoms with Gasteiger partial charge in [0.05, 0.1) is 25.5 Å². The number of morpholine rings is 1. The van der Waals surface area contributed by atoms with E-state index in [4.69, 9.17) is 9.15 Å². The molecule has 2 aromatic heterocycles. The van der Waals surface area contributed by atoms with E-state index in [1.807, 2.05) is 0 Å². The molecule has 0 aliphatic carbocycles. The van der Waals surface area contributed by atoms with E-state index in [-0.39, 0.29) is 17.9 Å². The van der Waals surface area contributed by atoms with E-state index < -0.39 is 24.2 Å². The molecule has 140 valence electrons. The molecule has 4 heterocycles. The first-order valence-electron chi connectivity index (χ1n) is 8.26. The van der Waals surface area contributed by atoms with Crippen LogP contribution in [0, 0.1) is 0 Å². The Labute approximate surface area is 146 Å². The van der Waals surface area contributed by atoms with Gasteiger partial charge in [-0.15, -0.1) is 0 Å². The van der Waals surface area contributed by atoms with Gasteiger partial charge >= 0.3 is 6.18 Å². The van der Waals surface area contributed by atoms with Gasteiger partial charge in [-0.1, -0.05) is 0 Å². The highest BCUT2D eigenvalue weighted by molar-refractivity contribution is 5.93. The molecule has 0 saturated carbocycles. The van der Waals surface area contributed by atoms with Crippen LogP contribution in [0.1, 0.15) is 34.8 Å². The largest absolute Gasteiger partial charge is 0.467 e. The number of hydrogen-bond donors (Lipinski definition) is 1. The Bertz CT molecular complexity index is 781. The van der Waals surface area contributed by atoms with Crippen LogP contribution in [-0.2, 0) is 4.74 Å². The molecule has 0 unspecified atom stereocenters. The molecule has 7 nitrogen and oxygen atoms in total. The molecule has 1 fully saturated rings. The van der Waals surface area contributed by atoms with Gasteiger partial charge < -0.3 is 19.4 Å². The van der Waals surface area contributed by atoms with E-state index in [1.165, 1.54) is 17.2 Å². The molecule has 4 rings (SSSR count). The third-order valence-corrected chi connectivity index (χ3v) is 4.59. The van der Waals surface area contributed by atoms with Crippen LogP contribution in [0.5, 0.6) is 0 Å². The third-order valence-electron chi connectivity index (χ3n) is 4.59. The summed E-state index contributed by atoms with van der Waals surface area (Å²) in [6, 6.07) is 2.13. The zero-order valence-corrected chi connectivity index (χ0v) is 13.7. The second kappa shape index (κ2) is 6.35. The molecule has 2 aromatic rings. The predicted molar refractivity (Wildman–Crippen MR) is 83.7 cm³/mol. The van der Waals surface area contributed by atoms with Crippen molar-refractivity contribution in [2.45, 2.75) is 24.7 Å². The lowest BCUT2D eigenvalue weighted by Gasteiger charge is -2.32. The van der Waals surface area contributed by atoms with Crippen molar-refractivity contribution in [3.63, 3.8) is 0 Å². The zero-order valence-electron chi connectivity index (χ0n) is 13.7. The molecule has 0 bridgehead atoms. The number of alkyl halides is 3. The van der Waals surface area contributed by atoms with Crippen LogP contribution in [-0.4, -0.2) is 53.1 Å².